The summed E-state index contributed by atoms with van der Waals surface area (Å²) < 4.78 is 0. The van der Waals surface area contributed by atoms with E-state index in [4.69, 9.17) is 5.73 Å². The summed E-state index contributed by atoms with van der Waals surface area (Å²) in [6.07, 6.45) is 1.63. The van der Waals surface area contributed by atoms with Crippen molar-refractivity contribution in [1.29, 1.82) is 0 Å². The Kier molecular flexibility index (Phi) is 2.82. The van der Waals surface area contributed by atoms with Gasteiger partial charge in [0.15, 0.2) is 0 Å². The first kappa shape index (κ1) is 9.92. The average Bonchev–Trinajstić information content (AvgIpc) is 2.64. The number of aryl methyl sites for hydroxylation is 1. The van der Waals surface area contributed by atoms with Gasteiger partial charge in [0, 0.05) is 5.38 Å². The highest BCUT2D eigenvalue weighted by atomic mass is 32.1. The zero-order chi connectivity index (χ0) is 10.7. The summed E-state index contributed by atoms with van der Waals surface area (Å²) >= 11 is 1.65. The molecule has 0 aliphatic rings. The van der Waals surface area contributed by atoms with Crippen molar-refractivity contribution in [1.82, 2.24) is 9.97 Å². The molecule has 0 fully saturated rings. The molecule has 15 heavy (non-hydrogen) atoms. The highest BCUT2D eigenvalue weighted by Crippen LogP contribution is 2.11. The highest BCUT2D eigenvalue weighted by Gasteiger charge is 1.98. The Morgan fingerprint density at radius 1 is 1.47 bits per heavy atom. The van der Waals surface area contributed by atoms with Crippen LogP contribution in [0.5, 0.6) is 0 Å². The molecular weight excluding hydrogens is 208 g/mol. The summed E-state index contributed by atoms with van der Waals surface area (Å²) in [4.78, 5) is 8.49. The number of nitrogen functional groups attached to an aromatic ring is 1. The molecule has 0 aliphatic carbocycles. The zero-order valence-corrected chi connectivity index (χ0v) is 9.21. The first-order valence-electron chi connectivity index (χ1n) is 4.60. The molecule has 3 N–H and O–H groups in total. The fourth-order valence-corrected chi connectivity index (χ4v) is 1.79. The van der Waals surface area contributed by atoms with Gasteiger partial charge in [-0.3, -0.25) is 0 Å². The molecule has 0 radical (unpaired) electrons. The minimum absolute atomic E-state index is 0.671. The van der Waals surface area contributed by atoms with Crippen molar-refractivity contribution in [2.45, 2.75) is 13.5 Å². The number of nitrogens with one attached hydrogen (secondary N) is 1. The monoisotopic (exact) mass is 220 g/mol. The number of nitrogens with zero attached hydrogens (tertiary/aromatic N) is 2. The molecule has 0 aliphatic heterocycles. The van der Waals surface area contributed by atoms with Gasteiger partial charge in [-0.1, -0.05) is 0 Å². The number of aromatic nitrogens is 2. The van der Waals surface area contributed by atoms with Crippen LogP contribution in [0.25, 0.3) is 0 Å². The molecule has 5 heteroatoms. The Hall–Kier alpha value is -1.62. The average molecular weight is 220 g/mol. The summed E-state index contributed by atoms with van der Waals surface area (Å²) in [6, 6.07) is 3.68. The van der Waals surface area contributed by atoms with Gasteiger partial charge in [-0.2, -0.15) is 0 Å². The van der Waals surface area contributed by atoms with E-state index < -0.39 is 0 Å². The van der Waals surface area contributed by atoms with Crippen molar-refractivity contribution in [3.8, 4) is 0 Å². The van der Waals surface area contributed by atoms with Gasteiger partial charge >= 0.3 is 0 Å². The molecule has 0 spiro atoms. The van der Waals surface area contributed by atoms with E-state index in [1.54, 1.807) is 17.5 Å². The normalized spacial score (nSPS) is 10.2. The van der Waals surface area contributed by atoms with Crippen molar-refractivity contribution < 1.29 is 0 Å². The largest absolute Gasteiger partial charge is 0.397 e. The summed E-state index contributed by atoms with van der Waals surface area (Å²) in [5.74, 6) is 0.815. The third-order valence-electron chi connectivity index (χ3n) is 1.90. The fourth-order valence-electron chi connectivity index (χ4n) is 1.18. The van der Waals surface area contributed by atoms with E-state index in [0.29, 0.717) is 12.2 Å². The van der Waals surface area contributed by atoms with E-state index >= 15 is 0 Å². The standard InChI is InChI=1S/C10H12N4S/c1-7-14-9(6-15-7)5-13-10-3-2-8(11)4-12-10/h2-4,6H,5,11H2,1H3,(H,12,13). The van der Waals surface area contributed by atoms with Crippen LogP contribution in [0.3, 0.4) is 0 Å². The number of anilines is 2. The predicted molar refractivity (Wildman–Crippen MR) is 62.8 cm³/mol. The number of hydrogen-bond acceptors (Lipinski definition) is 5. The Bertz CT molecular complexity index is 435. The third-order valence-corrected chi connectivity index (χ3v) is 2.73. The second-order valence-corrected chi connectivity index (χ2v) is 4.25. The third kappa shape index (κ3) is 2.66. The van der Waals surface area contributed by atoms with E-state index in [2.05, 4.69) is 15.3 Å². The van der Waals surface area contributed by atoms with Crippen LogP contribution in [-0.2, 0) is 6.54 Å². The molecule has 2 aromatic heterocycles. The summed E-state index contributed by atoms with van der Waals surface area (Å²) in [5.41, 5.74) is 7.25. The van der Waals surface area contributed by atoms with E-state index in [1.165, 1.54) is 0 Å². The van der Waals surface area contributed by atoms with E-state index in [-0.39, 0.29) is 0 Å². The van der Waals surface area contributed by atoms with Crippen molar-refractivity contribution in [2.24, 2.45) is 0 Å². The van der Waals surface area contributed by atoms with Gasteiger partial charge < -0.3 is 11.1 Å². The van der Waals surface area contributed by atoms with Gasteiger partial charge in [-0.05, 0) is 19.1 Å². The molecule has 0 atom stereocenters. The summed E-state index contributed by atoms with van der Waals surface area (Å²) in [7, 11) is 0. The first-order chi connectivity index (χ1) is 7.24. The van der Waals surface area contributed by atoms with Crippen LogP contribution in [0.1, 0.15) is 10.7 Å². The molecule has 0 unspecified atom stereocenters. The molecule has 2 aromatic rings. The van der Waals surface area contributed by atoms with Crippen molar-refractivity contribution in [2.75, 3.05) is 11.1 Å². The lowest BCUT2D eigenvalue weighted by atomic mass is 10.4. The fraction of sp³-hybridized carbons (Fsp3) is 0.200. The maximum atomic E-state index is 5.54. The van der Waals surface area contributed by atoms with Crippen molar-refractivity contribution in [3.63, 3.8) is 0 Å². The number of rotatable bonds is 3. The molecule has 2 heterocycles. The zero-order valence-electron chi connectivity index (χ0n) is 8.40. The topological polar surface area (TPSA) is 63.8 Å². The minimum atomic E-state index is 0.671. The van der Waals surface area contributed by atoms with Gasteiger partial charge in [0.25, 0.3) is 0 Å². The maximum Gasteiger partial charge on any atom is 0.126 e. The highest BCUT2D eigenvalue weighted by molar-refractivity contribution is 7.09. The lowest BCUT2D eigenvalue weighted by Crippen LogP contribution is -2.01. The molecular formula is C10H12N4S. The minimum Gasteiger partial charge on any atom is -0.397 e. The van der Waals surface area contributed by atoms with Crippen LogP contribution in [0.4, 0.5) is 11.5 Å². The molecule has 0 saturated carbocycles. The van der Waals surface area contributed by atoms with Crippen LogP contribution in [0.15, 0.2) is 23.7 Å². The molecule has 0 saturated heterocycles. The van der Waals surface area contributed by atoms with Gasteiger partial charge in [-0.15, -0.1) is 11.3 Å². The second kappa shape index (κ2) is 4.27. The first-order valence-corrected chi connectivity index (χ1v) is 5.48. The smallest absolute Gasteiger partial charge is 0.126 e. The molecule has 0 bridgehead atoms. The van der Waals surface area contributed by atoms with E-state index in [1.807, 2.05) is 24.4 Å². The summed E-state index contributed by atoms with van der Waals surface area (Å²) in [5, 5.41) is 6.30. The Morgan fingerprint density at radius 3 is 2.93 bits per heavy atom. The Labute approximate surface area is 92.2 Å². The van der Waals surface area contributed by atoms with Crippen LogP contribution in [0.2, 0.25) is 0 Å². The molecule has 4 nitrogen and oxygen atoms in total. The Morgan fingerprint density at radius 2 is 2.33 bits per heavy atom. The Balaban J connectivity index is 1.96. The maximum absolute atomic E-state index is 5.54. The number of pyridine rings is 1. The van der Waals surface area contributed by atoms with Gasteiger partial charge in [0.1, 0.15) is 5.82 Å². The van der Waals surface area contributed by atoms with Gasteiger partial charge in [0.2, 0.25) is 0 Å². The van der Waals surface area contributed by atoms with Crippen LogP contribution < -0.4 is 11.1 Å². The van der Waals surface area contributed by atoms with Crippen LogP contribution >= 0.6 is 11.3 Å². The van der Waals surface area contributed by atoms with Gasteiger partial charge in [0.05, 0.1) is 29.1 Å². The quantitative estimate of drug-likeness (QED) is 0.830. The lowest BCUT2D eigenvalue weighted by molar-refractivity contribution is 1.04. The predicted octanol–water partition coefficient (Wildman–Crippen LogP) is 2.04. The molecule has 78 valence electrons. The molecule has 0 amide bonds. The molecule has 0 aromatic carbocycles. The van der Waals surface area contributed by atoms with Gasteiger partial charge in [-0.25, -0.2) is 9.97 Å². The number of thiazole rings is 1. The van der Waals surface area contributed by atoms with E-state index in [9.17, 15) is 0 Å². The van der Waals surface area contributed by atoms with Crippen LogP contribution in [0, 0.1) is 6.92 Å². The van der Waals surface area contributed by atoms with E-state index in [0.717, 1.165) is 16.5 Å². The number of nitrogens with two attached hydrogens (primary N) is 1. The lowest BCUT2D eigenvalue weighted by Gasteiger charge is -2.02. The van der Waals surface area contributed by atoms with Crippen molar-refractivity contribution >= 4 is 22.8 Å². The van der Waals surface area contributed by atoms with Crippen LogP contribution in [-0.4, -0.2) is 9.97 Å². The second-order valence-electron chi connectivity index (χ2n) is 3.19. The summed E-state index contributed by atoms with van der Waals surface area (Å²) in [6.45, 7) is 2.69. The molecule has 2 rings (SSSR count). The van der Waals surface area contributed by atoms with Crippen molar-refractivity contribution in [3.05, 3.63) is 34.4 Å². The number of hydrogen-bond donors (Lipinski definition) is 2. The SMILES string of the molecule is Cc1nc(CNc2ccc(N)cn2)cs1.